The van der Waals surface area contributed by atoms with Crippen LogP contribution in [0.4, 0.5) is 0 Å². The average Bonchev–Trinajstić information content (AvgIpc) is 3.25. The minimum absolute atomic E-state index is 0.311. The smallest absolute Gasteiger partial charge is 0.249 e. The molecule has 356 valence electrons. The third-order valence-electron chi connectivity index (χ3n) is 12.8. The molecule has 0 aliphatic heterocycles. The number of allylic oxidation sites excluding steroid dienone is 4. The van der Waals surface area contributed by atoms with Gasteiger partial charge in [0, 0.05) is 0 Å². The first-order chi connectivity index (χ1) is 29.6. The van der Waals surface area contributed by atoms with Gasteiger partial charge in [0.15, 0.2) is 0 Å². The highest BCUT2D eigenvalue weighted by Crippen LogP contribution is 2.17. The molecule has 0 aliphatic carbocycles. The van der Waals surface area contributed by atoms with Gasteiger partial charge in [-0.1, -0.05) is 276 Å². The Morgan fingerprint density at radius 3 is 1.00 bits per heavy atom. The number of unbranched alkanes of at least 4 members (excludes halogenated alkanes) is 38. The lowest BCUT2D eigenvalue weighted by molar-refractivity contribution is -0.131. The van der Waals surface area contributed by atoms with Crippen LogP contribution in [0.1, 0.15) is 296 Å². The van der Waals surface area contributed by atoms with Gasteiger partial charge in [-0.3, -0.25) is 4.79 Å². The van der Waals surface area contributed by atoms with Gasteiger partial charge in [-0.15, -0.1) is 0 Å². The molecule has 3 unspecified atom stereocenters. The fourth-order valence-corrected chi connectivity index (χ4v) is 8.58. The fraction of sp³-hybridized carbons (Fsp3) is 0.909. The molecule has 0 aromatic carbocycles. The van der Waals surface area contributed by atoms with Crippen molar-refractivity contribution in [3.8, 4) is 0 Å². The Bertz CT molecular complexity index is 890. The first kappa shape index (κ1) is 58.8. The maximum absolute atomic E-state index is 12.6. The van der Waals surface area contributed by atoms with Crippen molar-refractivity contribution in [2.75, 3.05) is 6.61 Å². The molecule has 3 atom stereocenters. The Kier molecular flexibility index (Phi) is 49.5. The van der Waals surface area contributed by atoms with Gasteiger partial charge < -0.3 is 20.6 Å². The Morgan fingerprint density at radius 2 is 0.683 bits per heavy atom. The second-order valence-corrected chi connectivity index (χ2v) is 18.8. The monoisotopic (exact) mass is 846 g/mol. The molecular formula is C55H107NO4. The van der Waals surface area contributed by atoms with Gasteiger partial charge in [-0.2, -0.15) is 0 Å². The van der Waals surface area contributed by atoms with Crippen LogP contribution in [0.2, 0.25) is 0 Å². The maximum Gasteiger partial charge on any atom is 0.249 e. The van der Waals surface area contributed by atoms with Crippen LogP contribution >= 0.6 is 0 Å². The molecule has 60 heavy (non-hydrogen) atoms. The van der Waals surface area contributed by atoms with Crippen LogP contribution in [0.15, 0.2) is 24.3 Å². The molecule has 5 nitrogen and oxygen atoms in total. The standard InChI is InChI=1S/C55H107NO4/c1-3-5-7-9-11-13-15-17-19-21-23-24-25-26-27-28-29-30-31-32-34-36-38-40-42-44-46-48-50-54(59)55(60)56-52(51-57)53(58)49-47-45-43-41-39-37-35-33-22-20-18-16-14-12-10-8-6-4-2/h23-24,26-27,52-54,57-59H,3-22,25,28-51H2,1-2H3,(H,56,60)/b24-23-,27-26-. The summed E-state index contributed by atoms with van der Waals surface area (Å²) in [6, 6.07) is -0.711. The van der Waals surface area contributed by atoms with E-state index in [-0.39, 0.29) is 6.61 Å². The summed E-state index contributed by atoms with van der Waals surface area (Å²) in [6.07, 6.45) is 63.5. The molecule has 0 aliphatic rings. The van der Waals surface area contributed by atoms with Crippen LogP contribution in [0.3, 0.4) is 0 Å². The summed E-state index contributed by atoms with van der Waals surface area (Å²) in [6.45, 7) is 4.26. The van der Waals surface area contributed by atoms with E-state index in [4.69, 9.17) is 0 Å². The van der Waals surface area contributed by atoms with E-state index in [0.717, 1.165) is 38.5 Å². The van der Waals surface area contributed by atoms with E-state index in [1.165, 1.54) is 231 Å². The van der Waals surface area contributed by atoms with Crippen LogP contribution in [0.25, 0.3) is 0 Å². The first-order valence-electron chi connectivity index (χ1n) is 27.1. The Balaban J connectivity index is 3.54. The molecule has 0 spiro atoms. The lowest BCUT2D eigenvalue weighted by atomic mass is 10.0. The van der Waals surface area contributed by atoms with Gasteiger partial charge in [0.1, 0.15) is 6.10 Å². The predicted octanol–water partition coefficient (Wildman–Crippen LogP) is 16.5. The van der Waals surface area contributed by atoms with E-state index in [2.05, 4.69) is 43.5 Å². The van der Waals surface area contributed by atoms with E-state index in [1.54, 1.807) is 0 Å². The number of carbonyl (C=O) groups excluding carboxylic acids is 1. The molecular weight excluding hydrogens is 739 g/mol. The van der Waals surface area contributed by atoms with Crippen LogP contribution < -0.4 is 5.32 Å². The Morgan fingerprint density at radius 1 is 0.400 bits per heavy atom. The van der Waals surface area contributed by atoms with Crippen molar-refractivity contribution in [2.24, 2.45) is 0 Å². The van der Waals surface area contributed by atoms with E-state index < -0.39 is 24.2 Å². The number of hydrogen-bond donors (Lipinski definition) is 4. The number of carbonyl (C=O) groups is 1. The summed E-state index contributed by atoms with van der Waals surface area (Å²) in [5.74, 6) is -0.468. The molecule has 0 rings (SSSR count). The molecule has 5 heteroatoms. The third kappa shape index (κ3) is 44.9. The average molecular weight is 846 g/mol. The van der Waals surface area contributed by atoms with Crippen LogP contribution in [0, 0.1) is 0 Å². The predicted molar refractivity (Wildman–Crippen MR) is 264 cm³/mol. The quantitative estimate of drug-likeness (QED) is 0.0363. The number of hydrogen-bond acceptors (Lipinski definition) is 4. The summed E-state index contributed by atoms with van der Waals surface area (Å²) >= 11 is 0. The lowest BCUT2D eigenvalue weighted by Crippen LogP contribution is -2.49. The minimum Gasteiger partial charge on any atom is -0.394 e. The molecule has 0 heterocycles. The highest BCUT2D eigenvalue weighted by molar-refractivity contribution is 5.80. The molecule has 0 bridgehead atoms. The molecule has 4 N–H and O–H groups in total. The zero-order valence-electron chi connectivity index (χ0n) is 40.6. The summed E-state index contributed by atoms with van der Waals surface area (Å²) in [4.78, 5) is 12.6. The van der Waals surface area contributed by atoms with E-state index in [0.29, 0.717) is 12.8 Å². The van der Waals surface area contributed by atoms with Gasteiger partial charge in [0.2, 0.25) is 5.91 Å². The molecule has 0 aromatic heterocycles. The van der Waals surface area contributed by atoms with Gasteiger partial charge in [-0.05, 0) is 44.9 Å². The fourth-order valence-electron chi connectivity index (χ4n) is 8.58. The largest absolute Gasteiger partial charge is 0.394 e. The topological polar surface area (TPSA) is 89.8 Å². The van der Waals surface area contributed by atoms with Gasteiger partial charge in [0.05, 0.1) is 18.8 Å². The molecule has 0 saturated heterocycles. The SMILES string of the molecule is CCCCCCCCCCC/C=C\C/C=C\CCCCCCCCCCCCCCC(O)C(=O)NC(CO)C(O)CCCCCCCCCCCCCCCCCCCC. The summed E-state index contributed by atoms with van der Waals surface area (Å²) in [5, 5.41) is 33.5. The normalized spacial score (nSPS) is 13.5. The number of aliphatic hydroxyl groups is 3. The van der Waals surface area contributed by atoms with Gasteiger partial charge >= 0.3 is 0 Å². The number of rotatable bonds is 50. The molecule has 1 amide bonds. The number of aliphatic hydroxyl groups excluding tert-OH is 3. The molecule has 0 radical (unpaired) electrons. The van der Waals surface area contributed by atoms with Crippen molar-refractivity contribution in [2.45, 2.75) is 315 Å². The lowest BCUT2D eigenvalue weighted by Gasteiger charge is -2.23. The first-order valence-corrected chi connectivity index (χ1v) is 27.1. The second kappa shape index (κ2) is 50.5. The van der Waals surface area contributed by atoms with Crippen molar-refractivity contribution in [1.29, 1.82) is 0 Å². The van der Waals surface area contributed by atoms with E-state index in [9.17, 15) is 20.1 Å². The van der Waals surface area contributed by atoms with Crippen molar-refractivity contribution in [3.63, 3.8) is 0 Å². The van der Waals surface area contributed by atoms with Crippen molar-refractivity contribution in [3.05, 3.63) is 24.3 Å². The van der Waals surface area contributed by atoms with Crippen LogP contribution in [-0.4, -0.2) is 46.1 Å². The highest BCUT2D eigenvalue weighted by Gasteiger charge is 2.23. The summed E-state index contributed by atoms with van der Waals surface area (Å²) in [7, 11) is 0. The van der Waals surface area contributed by atoms with Crippen molar-refractivity contribution in [1.82, 2.24) is 5.32 Å². The Labute approximate surface area is 375 Å². The van der Waals surface area contributed by atoms with E-state index >= 15 is 0 Å². The Hall–Kier alpha value is -1.17. The summed E-state index contributed by atoms with van der Waals surface area (Å²) < 4.78 is 0. The second-order valence-electron chi connectivity index (χ2n) is 18.8. The highest BCUT2D eigenvalue weighted by atomic mass is 16.3. The van der Waals surface area contributed by atoms with E-state index in [1.807, 2.05) is 0 Å². The molecule has 0 aromatic rings. The van der Waals surface area contributed by atoms with Crippen molar-refractivity contribution < 1.29 is 20.1 Å². The summed E-state index contributed by atoms with van der Waals surface area (Å²) in [5.41, 5.74) is 0. The minimum atomic E-state index is -1.08. The maximum atomic E-state index is 12.6. The zero-order valence-corrected chi connectivity index (χ0v) is 40.6. The van der Waals surface area contributed by atoms with Crippen molar-refractivity contribution >= 4 is 5.91 Å². The van der Waals surface area contributed by atoms with Gasteiger partial charge in [0.25, 0.3) is 0 Å². The van der Waals surface area contributed by atoms with Crippen LogP contribution in [-0.2, 0) is 4.79 Å². The molecule has 0 fully saturated rings. The van der Waals surface area contributed by atoms with Crippen LogP contribution in [0.5, 0.6) is 0 Å². The third-order valence-corrected chi connectivity index (χ3v) is 12.8. The number of nitrogens with one attached hydrogen (secondary N) is 1. The molecule has 0 saturated carbocycles. The zero-order chi connectivity index (χ0) is 43.7. The van der Waals surface area contributed by atoms with Gasteiger partial charge in [-0.25, -0.2) is 0 Å². The number of amides is 1.